The SMILES string of the molecule is CS/C=C/C(=O)N(C)CC(=O)O. The molecule has 0 aromatic rings. The summed E-state index contributed by atoms with van der Waals surface area (Å²) in [4.78, 5) is 22.3. The van der Waals surface area contributed by atoms with Gasteiger partial charge >= 0.3 is 5.97 Å². The Labute approximate surface area is 75.2 Å². The number of rotatable bonds is 4. The Morgan fingerprint density at radius 2 is 2.17 bits per heavy atom. The van der Waals surface area contributed by atoms with Crippen LogP contribution in [0.4, 0.5) is 0 Å². The number of carbonyl (C=O) groups is 2. The van der Waals surface area contributed by atoms with Crippen LogP contribution in [0.5, 0.6) is 0 Å². The van der Waals surface area contributed by atoms with Gasteiger partial charge in [0.2, 0.25) is 5.91 Å². The lowest BCUT2D eigenvalue weighted by Crippen LogP contribution is -2.30. The van der Waals surface area contributed by atoms with Crippen LogP contribution in [-0.2, 0) is 9.59 Å². The third-order valence-corrected chi connectivity index (χ3v) is 1.50. The third kappa shape index (κ3) is 4.79. The van der Waals surface area contributed by atoms with Crippen LogP contribution in [0.1, 0.15) is 0 Å². The average molecular weight is 189 g/mol. The molecular formula is C7H11NO3S. The molecule has 0 saturated heterocycles. The van der Waals surface area contributed by atoms with Crippen molar-refractivity contribution in [3.8, 4) is 0 Å². The molecule has 12 heavy (non-hydrogen) atoms. The Kier molecular flexibility index (Phi) is 5.19. The normalized spacial score (nSPS) is 10.2. The summed E-state index contributed by atoms with van der Waals surface area (Å²) in [5.74, 6) is -1.31. The first kappa shape index (κ1) is 11.0. The highest BCUT2D eigenvalue weighted by Crippen LogP contribution is 1.95. The van der Waals surface area contributed by atoms with Gasteiger partial charge in [-0.05, 0) is 11.7 Å². The second kappa shape index (κ2) is 5.65. The smallest absolute Gasteiger partial charge is 0.323 e. The van der Waals surface area contributed by atoms with Gasteiger partial charge in [-0.15, -0.1) is 11.8 Å². The molecule has 0 aliphatic heterocycles. The molecule has 0 aromatic carbocycles. The molecule has 0 atom stereocenters. The summed E-state index contributed by atoms with van der Waals surface area (Å²) >= 11 is 1.39. The minimum Gasteiger partial charge on any atom is -0.480 e. The van der Waals surface area contributed by atoms with Gasteiger partial charge in [-0.25, -0.2) is 0 Å². The highest BCUT2D eigenvalue weighted by atomic mass is 32.2. The summed E-state index contributed by atoms with van der Waals surface area (Å²) < 4.78 is 0. The van der Waals surface area contributed by atoms with E-state index in [9.17, 15) is 9.59 Å². The number of hydrogen-bond acceptors (Lipinski definition) is 3. The van der Waals surface area contributed by atoms with Crippen LogP contribution < -0.4 is 0 Å². The van der Waals surface area contributed by atoms with Crippen LogP contribution in [0.3, 0.4) is 0 Å². The number of carboxylic acids is 1. The average Bonchev–Trinajstić information content (AvgIpc) is 1.98. The van der Waals surface area contributed by atoms with Crippen molar-refractivity contribution < 1.29 is 14.7 Å². The molecule has 0 saturated carbocycles. The Morgan fingerprint density at radius 1 is 1.58 bits per heavy atom. The molecular weight excluding hydrogens is 178 g/mol. The maximum atomic E-state index is 11.0. The Hall–Kier alpha value is -0.970. The monoisotopic (exact) mass is 189 g/mol. The van der Waals surface area contributed by atoms with E-state index in [0.29, 0.717) is 0 Å². The van der Waals surface area contributed by atoms with Gasteiger partial charge in [0, 0.05) is 13.1 Å². The van der Waals surface area contributed by atoms with E-state index in [2.05, 4.69) is 0 Å². The molecule has 0 fully saturated rings. The van der Waals surface area contributed by atoms with Crippen LogP contribution in [0.25, 0.3) is 0 Å². The third-order valence-electron chi connectivity index (χ3n) is 1.10. The Bertz CT molecular complexity index is 203. The number of nitrogens with zero attached hydrogens (tertiary/aromatic N) is 1. The van der Waals surface area contributed by atoms with E-state index in [1.807, 2.05) is 6.26 Å². The summed E-state index contributed by atoms with van der Waals surface area (Å²) in [6.45, 7) is -0.266. The first-order chi connectivity index (χ1) is 5.57. The molecule has 0 heterocycles. The molecule has 1 N–H and O–H groups in total. The molecule has 0 aromatic heterocycles. The van der Waals surface area contributed by atoms with Gasteiger partial charge < -0.3 is 10.0 Å². The highest BCUT2D eigenvalue weighted by molar-refractivity contribution is 8.01. The fraction of sp³-hybridized carbons (Fsp3) is 0.429. The van der Waals surface area contributed by atoms with Crippen molar-refractivity contribution in [3.63, 3.8) is 0 Å². The van der Waals surface area contributed by atoms with Crippen LogP contribution >= 0.6 is 11.8 Å². The second-order valence-electron chi connectivity index (χ2n) is 2.13. The van der Waals surface area contributed by atoms with Gasteiger partial charge in [0.05, 0.1) is 0 Å². The van der Waals surface area contributed by atoms with E-state index < -0.39 is 5.97 Å². The van der Waals surface area contributed by atoms with Gasteiger partial charge in [-0.2, -0.15) is 0 Å². The number of thioether (sulfide) groups is 1. The highest BCUT2D eigenvalue weighted by Gasteiger charge is 2.07. The number of likely N-dealkylation sites (N-methyl/N-ethyl adjacent to an activating group) is 1. The summed E-state index contributed by atoms with van der Waals surface area (Å²) in [6, 6.07) is 0. The maximum absolute atomic E-state index is 11.0. The largest absolute Gasteiger partial charge is 0.480 e. The summed E-state index contributed by atoms with van der Waals surface area (Å²) in [5, 5.41) is 9.95. The van der Waals surface area contributed by atoms with Crippen molar-refractivity contribution in [3.05, 3.63) is 11.5 Å². The Balaban J connectivity index is 3.93. The zero-order chi connectivity index (χ0) is 9.56. The number of carboxylic acid groups (broad SMARTS) is 1. The molecule has 5 heteroatoms. The zero-order valence-electron chi connectivity index (χ0n) is 6.98. The van der Waals surface area contributed by atoms with E-state index in [0.717, 1.165) is 4.90 Å². The number of amides is 1. The molecule has 68 valence electrons. The van der Waals surface area contributed by atoms with E-state index in [4.69, 9.17) is 5.11 Å². The molecule has 0 spiro atoms. The minimum atomic E-state index is -1.01. The van der Waals surface area contributed by atoms with Gasteiger partial charge in [0.25, 0.3) is 0 Å². The van der Waals surface area contributed by atoms with E-state index in [1.54, 1.807) is 5.41 Å². The van der Waals surface area contributed by atoms with Crippen molar-refractivity contribution in [2.75, 3.05) is 19.8 Å². The van der Waals surface area contributed by atoms with Gasteiger partial charge in [0.15, 0.2) is 0 Å². The summed E-state index contributed by atoms with van der Waals surface area (Å²) in [6.07, 6.45) is 3.16. The van der Waals surface area contributed by atoms with Crippen LogP contribution in [-0.4, -0.2) is 41.7 Å². The molecule has 0 unspecified atom stereocenters. The van der Waals surface area contributed by atoms with Crippen LogP contribution in [0.15, 0.2) is 11.5 Å². The fourth-order valence-corrected chi connectivity index (χ4v) is 0.787. The molecule has 4 nitrogen and oxygen atoms in total. The fourth-order valence-electron chi connectivity index (χ4n) is 0.534. The molecule has 0 bridgehead atoms. The molecule has 0 rings (SSSR count). The number of carbonyl (C=O) groups excluding carboxylic acids is 1. The number of aliphatic carboxylic acids is 1. The quantitative estimate of drug-likeness (QED) is 0.651. The predicted octanol–water partition coefficient (Wildman–Crippen LogP) is 0.406. The van der Waals surface area contributed by atoms with Crippen molar-refractivity contribution in [1.29, 1.82) is 0 Å². The van der Waals surface area contributed by atoms with E-state index >= 15 is 0 Å². The van der Waals surface area contributed by atoms with E-state index in [1.165, 1.54) is 24.9 Å². The minimum absolute atomic E-state index is 0.266. The van der Waals surface area contributed by atoms with Crippen molar-refractivity contribution in [2.24, 2.45) is 0 Å². The van der Waals surface area contributed by atoms with Crippen molar-refractivity contribution >= 4 is 23.6 Å². The summed E-state index contributed by atoms with van der Waals surface area (Å²) in [7, 11) is 1.45. The van der Waals surface area contributed by atoms with Crippen LogP contribution in [0.2, 0.25) is 0 Å². The molecule has 1 amide bonds. The number of hydrogen-bond donors (Lipinski definition) is 1. The lowest BCUT2D eigenvalue weighted by molar-refractivity contribution is -0.141. The maximum Gasteiger partial charge on any atom is 0.323 e. The first-order valence-electron chi connectivity index (χ1n) is 3.24. The van der Waals surface area contributed by atoms with Crippen molar-refractivity contribution in [2.45, 2.75) is 0 Å². The summed E-state index contributed by atoms with van der Waals surface area (Å²) in [5.41, 5.74) is 0. The Morgan fingerprint density at radius 3 is 2.58 bits per heavy atom. The van der Waals surface area contributed by atoms with E-state index in [-0.39, 0.29) is 12.5 Å². The predicted molar refractivity (Wildman–Crippen MR) is 47.9 cm³/mol. The molecule has 0 aliphatic rings. The van der Waals surface area contributed by atoms with Crippen LogP contribution in [0, 0.1) is 0 Å². The molecule has 0 aliphatic carbocycles. The van der Waals surface area contributed by atoms with Crippen molar-refractivity contribution in [1.82, 2.24) is 4.90 Å². The lowest BCUT2D eigenvalue weighted by atomic mass is 10.5. The lowest BCUT2D eigenvalue weighted by Gasteiger charge is -2.10. The standard InChI is InChI=1S/C7H11NO3S/c1-8(5-7(10)11)6(9)3-4-12-2/h3-4H,5H2,1-2H3,(H,10,11)/b4-3+. The van der Waals surface area contributed by atoms with Gasteiger partial charge in [0.1, 0.15) is 6.54 Å². The van der Waals surface area contributed by atoms with Gasteiger partial charge in [-0.1, -0.05) is 0 Å². The zero-order valence-corrected chi connectivity index (χ0v) is 7.80. The molecule has 0 radical (unpaired) electrons. The second-order valence-corrected chi connectivity index (χ2v) is 2.87. The topological polar surface area (TPSA) is 57.6 Å². The van der Waals surface area contributed by atoms with Gasteiger partial charge in [-0.3, -0.25) is 9.59 Å². The first-order valence-corrected chi connectivity index (χ1v) is 4.53.